The number of amides is 2. The maximum atomic E-state index is 11.8. The summed E-state index contributed by atoms with van der Waals surface area (Å²) < 4.78 is 4.88. The first kappa shape index (κ1) is 13.1. The van der Waals surface area contributed by atoms with Crippen molar-refractivity contribution in [1.82, 2.24) is 10.5 Å². The molecule has 0 radical (unpaired) electrons. The summed E-state index contributed by atoms with van der Waals surface area (Å²) in [5.74, 6) is 1.06. The number of nitrogens with one attached hydrogen (secondary N) is 2. The SMILES string of the molecule is Cc1cc(NC(=O)NC(C)c2ccccc2C)no1. The van der Waals surface area contributed by atoms with Crippen molar-refractivity contribution in [3.05, 3.63) is 47.2 Å². The van der Waals surface area contributed by atoms with Gasteiger partial charge in [-0.3, -0.25) is 5.32 Å². The predicted molar refractivity (Wildman–Crippen MR) is 73.0 cm³/mol. The monoisotopic (exact) mass is 259 g/mol. The van der Waals surface area contributed by atoms with Gasteiger partial charge in [-0.05, 0) is 31.9 Å². The summed E-state index contributed by atoms with van der Waals surface area (Å²) >= 11 is 0. The molecule has 0 bridgehead atoms. The largest absolute Gasteiger partial charge is 0.360 e. The molecule has 2 aromatic rings. The number of anilines is 1. The highest BCUT2D eigenvalue weighted by Gasteiger charge is 2.12. The number of aryl methyl sites for hydroxylation is 2. The Kier molecular flexibility index (Phi) is 3.85. The Morgan fingerprint density at radius 3 is 2.68 bits per heavy atom. The Balaban J connectivity index is 1.97. The van der Waals surface area contributed by atoms with Gasteiger partial charge in [-0.15, -0.1) is 0 Å². The molecule has 100 valence electrons. The highest BCUT2D eigenvalue weighted by Crippen LogP contribution is 2.16. The molecule has 0 spiro atoms. The minimum atomic E-state index is -0.302. The number of carbonyl (C=O) groups excluding carboxylic acids is 1. The van der Waals surface area contributed by atoms with E-state index in [-0.39, 0.29) is 12.1 Å². The summed E-state index contributed by atoms with van der Waals surface area (Å²) in [6.45, 7) is 5.73. The Hall–Kier alpha value is -2.30. The molecule has 0 fully saturated rings. The molecule has 0 saturated carbocycles. The lowest BCUT2D eigenvalue weighted by atomic mass is 10.0. The van der Waals surface area contributed by atoms with Crippen LogP contribution in [0, 0.1) is 13.8 Å². The molecule has 1 unspecified atom stereocenters. The zero-order chi connectivity index (χ0) is 13.8. The number of hydrogen-bond donors (Lipinski definition) is 2. The number of urea groups is 1. The number of rotatable bonds is 3. The fraction of sp³-hybridized carbons (Fsp3) is 0.286. The predicted octanol–water partition coefficient (Wildman–Crippen LogP) is 3.17. The van der Waals surface area contributed by atoms with Crippen LogP contribution in [0.25, 0.3) is 0 Å². The van der Waals surface area contributed by atoms with Crippen molar-refractivity contribution in [3.63, 3.8) is 0 Å². The van der Waals surface area contributed by atoms with Crippen molar-refractivity contribution in [3.8, 4) is 0 Å². The van der Waals surface area contributed by atoms with E-state index in [1.54, 1.807) is 13.0 Å². The smallest absolute Gasteiger partial charge is 0.320 e. The van der Waals surface area contributed by atoms with Crippen molar-refractivity contribution >= 4 is 11.8 Å². The van der Waals surface area contributed by atoms with Crippen LogP contribution in [-0.2, 0) is 0 Å². The zero-order valence-corrected chi connectivity index (χ0v) is 11.2. The number of benzene rings is 1. The number of carbonyl (C=O) groups is 1. The molecule has 2 amide bonds. The van der Waals surface area contributed by atoms with E-state index in [2.05, 4.69) is 15.8 Å². The van der Waals surface area contributed by atoms with Gasteiger partial charge in [0.15, 0.2) is 5.82 Å². The van der Waals surface area contributed by atoms with Crippen molar-refractivity contribution < 1.29 is 9.32 Å². The standard InChI is InChI=1S/C14H17N3O2/c1-9-6-4-5-7-12(9)11(3)15-14(18)16-13-8-10(2)19-17-13/h4-8,11H,1-3H3,(H2,15,16,17,18). The highest BCUT2D eigenvalue weighted by atomic mass is 16.5. The molecule has 0 aliphatic carbocycles. The third kappa shape index (κ3) is 3.34. The van der Waals surface area contributed by atoms with Crippen molar-refractivity contribution in [1.29, 1.82) is 0 Å². The van der Waals surface area contributed by atoms with Gasteiger partial charge in [0, 0.05) is 6.07 Å². The van der Waals surface area contributed by atoms with Gasteiger partial charge in [0.05, 0.1) is 6.04 Å². The first-order valence-corrected chi connectivity index (χ1v) is 6.12. The second-order valence-electron chi connectivity index (χ2n) is 4.50. The van der Waals surface area contributed by atoms with Crippen LogP contribution < -0.4 is 10.6 Å². The molecular weight excluding hydrogens is 242 g/mol. The lowest BCUT2D eigenvalue weighted by Crippen LogP contribution is -2.31. The molecule has 2 N–H and O–H groups in total. The van der Waals surface area contributed by atoms with Crippen LogP contribution in [0.2, 0.25) is 0 Å². The fourth-order valence-electron chi connectivity index (χ4n) is 1.92. The molecule has 1 atom stereocenters. The summed E-state index contributed by atoms with van der Waals surface area (Å²) in [4.78, 5) is 11.8. The third-order valence-corrected chi connectivity index (χ3v) is 2.87. The summed E-state index contributed by atoms with van der Waals surface area (Å²) in [6, 6.07) is 9.24. The van der Waals surface area contributed by atoms with E-state index in [9.17, 15) is 4.79 Å². The van der Waals surface area contributed by atoms with E-state index < -0.39 is 0 Å². The van der Waals surface area contributed by atoms with Crippen molar-refractivity contribution in [2.75, 3.05) is 5.32 Å². The maximum absolute atomic E-state index is 11.8. The van der Waals surface area contributed by atoms with Crippen LogP contribution >= 0.6 is 0 Å². The molecule has 1 heterocycles. The Morgan fingerprint density at radius 2 is 2.05 bits per heavy atom. The normalized spacial score (nSPS) is 11.9. The van der Waals surface area contributed by atoms with Gasteiger partial charge in [-0.2, -0.15) is 0 Å². The van der Waals surface area contributed by atoms with E-state index >= 15 is 0 Å². The van der Waals surface area contributed by atoms with E-state index in [1.165, 1.54) is 0 Å². The van der Waals surface area contributed by atoms with Crippen LogP contribution in [-0.4, -0.2) is 11.2 Å². The van der Waals surface area contributed by atoms with Gasteiger partial charge in [0.2, 0.25) is 0 Å². The van der Waals surface area contributed by atoms with Crippen LogP contribution in [0.4, 0.5) is 10.6 Å². The van der Waals surface area contributed by atoms with Crippen molar-refractivity contribution in [2.24, 2.45) is 0 Å². The summed E-state index contributed by atoms with van der Waals surface area (Å²) in [7, 11) is 0. The van der Waals surface area contributed by atoms with Gasteiger partial charge in [0.25, 0.3) is 0 Å². The minimum absolute atomic E-state index is 0.0748. The first-order valence-electron chi connectivity index (χ1n) is 6.12. The molecule has 1 aromatic carbocycles. The van der Waals surface area contributed by atoms with E-state index in [0.717, 1.165) is 11.1 Å². The Labute approximate surface area is 112 Å². The molecular formula is C14H17N3O2. The Bertz CT molecular complexity index is 578. The highest BCUT2D eigenvalue weighted by molar-refractivity contribution is 5.88. The number of hydrogen-bond acceptors (Lipinski definition) is 3. The van der Waals surface area contributed by atoms with Gasteiger partial charge in [-0.1, -0.05) is 29.4 Å². The second-order valence-corrected chi connectivity index (χ2v) is 4.50. The lowest BCUT2D eigenvalue weighted by Gasteiger charge is -2.16. The molecule has 0 aliphatic rings. The topological polar surface area (TPSA) is 67.2 Å². The van der Waals surface area contributed by atoms with Crippen LogP contribution in [0.15, 0.2) is 34.9 Å². The third-order valence-electron chi connectivity index (χ3n) is 2.87. The molecule has 0 aliphatic heterocycles. The minimum Gasteiger partial charge on any atom is -0.360 e. The number of aromatic nitrogens is 1. The zero-order valence-electron chi connectivity index (χ0n) is 11.2. The van der Waals surface area contributed by atoms with Crippen molar-refractivity contribution in [2.45, 2.75) is 26.8 Å². The van der Waals surface area contributed by atoms with Crippen LogP contribution in [0.5, 0.6) is 0 Å². The second kappa shape index (κ2) is 5.56. The quantitative estimate of drug-likeness (QED) is 0.889. The summed E-state index contributed by atoms with van der Waals surface area (Å²) in [5.41, 5.74) is 2.24. The summed E-state index contributed by atoms with van der Waals surface area (Å²) in [6.07, 6.45) is 0. The fourth-order valence-corrected chi connectivity index (χ4v) is 1.92. The Morgan fingerprint density at radius 1 is 1.32 bits per heavy atom. The molecule has 19 heavy (non-hydrogen) atoms. The van der Waals surface area contributed by atoms with E-state index in [1.807, 2.05) is 38.1 Å². The van der Waals surface area contributed by atoms with Gasteiger partial charge < -0.3 is 9.84 Å². The molecule has 1 aromatic heterocycles. The van der Waals surface area contributed by atoms with Crippen LogP contribution in [0.3, 0.4) is 0 Å². The van der Waals surface area contributed by atoms with Gasteiger partial charge >= 0.3 is 6.03 Å². The number of nitrogens with zero attached hydrogens (tertiary/aromatic N) is 1. The lowest BCUT2D eigenvalue weighted by molar-refractivity contribution is 0.249. The molecule has 0 saturated heterocycles. The molecule has 2 rings (SSSR count). The molecule has 5 nitrogen and oxygen atoms in total. The average molecular weight is 259 g/mol. The first-order chi connectivity index (χ1) is 9.06. The van der Waals surface area contributed by atoms with E-state index in [0.29, 0.717) is 11.6 Å². The maximum Gasteiger partial charge on any atom is 0.320 e. The van der Waals surface area contributed by atoms with Gasteiger partial charge in [0.1, 0.15) is 5.76 Å². The summed E-state index contributed by atoms with van der Waals surface area (Å²) in [5, 5.41) is 9.20. The average Bonchev–Trinajstić information content (AvgIpc) is 2.74. The molecule has 5 heteroatoms. The van der Waals surface area contributed by atoms with Gasteiger partial charge in [-0.25, -0.2) is 4.79 Å². The van der Waals surface area contributed by atoms with Crippen LogP contribution in [0.1, 0.15) is 29.9 Å². The van der Waals surface area contributed by atoms with E-state index in [4.69, 9.17) is 4.52 Å².